The summed E-state index contributed by atoms with van der Waals surface area (Å²) >= 11 is 0. The van der Waals surface area contributed by atoms with Crippen molar-refractivity contribution >= 4 is 17.3 Å². The highest BCUT2D eigenvalue weighted by molar-refractivity contribution is 5.95. The van der Waals surface area contributed by atoms with Crippen LogP contribution in [0.2, 0.25) is 0 Å². The molecule has 2 heterocycles. The van der Waals surface area contributed by atoms with E-state index in [1.807, 2.05) is 18.2 Å². The lowest BCUT2D eigenvalue weighted by atomic mass is 10.1. The smallest absolute Gasteiger partial charge is 0.293 e. The zero-order valence-corrected chi connectivity index (χ0v) is 17.7. The Morgan fingerprint density at radius 1 is 1.16 bits per heavy atom. The number of amides is 1. The van der Waals surface area contributed by atoms with Gasteiger partial charge in [0.1, 0.15) is 5.69 Å². The van der Waals surface area contributed by atoms with Crippen LogP contribution in [0, 0.1) is 16.0 Å². The number of ether oxygens (including phenoxy) is 1. The molecule has 8 nitrogen and oxygen atoms in total. The average Bonchev–Trinajstić information content (AvgIpc) is 3.13. The molecule has 1 N–H and O–H groups in total. The quantitative estimate of drug-likeness (QED) is 0.567. The van der Waals surface area contributed by atoms with E-state index in [1.54, 1.807) is 17.0 Å². The SMILES string of the molecule is CC1CN(Cc2ccccc2)CC1Nc1ccc(C(=O)N2CCOCC2)cc1[N+](=O)[O-]. The number of nitrogens with one attached hydrogen (secondary N) is 1. The molecular weight excluding hydrogens is 396 g/mol. The molecule has 0 bridgehead atoms. The maximum absolute atomic E-state index is 12.7. The summed E-state index contributed by atoms with van der Waals surface area (Å²) in [6.07, 6.45) is 0. The molecule has 2 fully saturated rings. The van der Waals surface area contributed by atoms with Gasteiger partial charge in [-0.15, -0.1) is 0 Å². The second kappa shape index (κ2) is 9.45. The van der Waals surface area contributed by atoms with Gasteiger partial charge in [-0.25, -0.2) is 0 Å². The molecule has 2 aliphatic heterocycles. The molecule has 2 aliphatic rings. The summed E-state index contributed by atoms with van der Waals surface area (Å²) in [6, 6.07) is 15.1. The van der Waals surface area contributed by atoms with Crippen LogP contribution in [0.1, 0.15) is 22.8 Å². The second-order valence-corrected chi connectivity index (χ2v) is 8.30. The molecular formula is C23H28N4O4. The number of benzene rings is 2. The molecule has 0 saturated carbocycles. The highest BCUT2D eigenvalue weighted by Crippen LogP contribution is 2.30. The number of nitro benzene ring substituents is 1. The van der Waals surface area contributed by atoms with Crippen LogP contribution >= 0.6 is 0 Å². The van der Waals surface area contributed by atoms with Gasteiger partial charge in [0.2, 0.25) is 0 Å². The Kier molecular flexibility index (Phi) is 6.48. The molecule has 0 spiro atoms. The van der Waals surface area contributed by atoms with Gasteiger partial charge in [-0.2, -0.15) is 0 Å². The van der Waals surface area contributed by atoms with E-state index in [9.17, 15) is 14.9 Å². The summed E-state index contributed by atoms with van der Waals surface area (Å²) in [5.74, 6) is 0.152. The van der Waals surface area contributed by atoms with Gasteiger partial charge in [0.25, 0.3) is 11.6 Å². The normalized spacial score (nSPS) is 21.8. The molecule has 2 aromatic rings. The third-order valence-corrected chi connectivity index (χ3v) is 6.02. The van der Waals surface area contributed by atoms with Gasteiger partial charge in [-0.1, -0.05) is 37.3 Å². The summed E-state index contributed by atoms with van der Waals surface area (Å²) in [5, 5.41) is 15.1. The van der Waals surface area contributed by atoms with Gasteiger partial charge in [-0.05, 0) is 23.6 Å². The van der Waals surface area contributed by atoms with Gasteiger partial charge in [0.15, 0.2) is 0 Å². The fourth-order valence-electron chi connectivity index (χ4n) is 4.31. The molecule has 2 saturated heterocycles. The predicted molar refractivity (Wildman–Crippen MR) is 118 cm³/mol. The van der Waals surface area contributed by atoms with Crippen LogP contribution in [0.25, 0.3) is 0 Å². The highest BCUT2D eigenvalue weighted by Gasteiger charge is 2.31. The number of nitro groups is 1. The van der Waals surface area contributed by atoms with Crippen molar-refractivity contribution in [2.75, 3.05) is 44.7 Å². The van der Waals surface area contributed by atoms with Gasteiger partial charge in [0.05, 0.1) is 18.1 Å². The summed E-state index contributed by atoms with van der Waals surface area (Å²) in [4.78, 5) is 28.1. The molecule has 8 heteroatoms. The van der Waals surface area contributed by atoms with Gasteiger partial charge >= 0.3 is 0 Å². The summed E-state index contributed by atoms with van der Waals surface area (Å²) < 4.78 is 5.28. The van der Waals surface area contributed by atoms with Gasteiger partial charge in [0, 0.05) is 50.4 Å². The minimum absolute atomic E-state index is 0.0622. The molecule has 1 amide bonds. The van der Waals surface area contributed by atoms with Crippen molar-refractivity contribution in [3.05, 3.63) is 69.8 Å². The first-order chi connectivity index (χ1) is 15.0. The molecule has 2 atom stereocenters. The van der Waals surface area contributed by atoms with E-state index < -0.39 is 4.92 Å². The van der Waals surface area contributed by atoms with Crippen molar-refractivity contribution in [2.45, 2.75) is 19.5 Å². The third kappa shape index (κ3) is 5.03. The average molecular weight is 425 g/mol. The van der Waals surface area contributed by atoms with E-state index in [1.165, 1.54) is 11.6 Å². The summed E-state index contributed by atoms with van der Waals surface area (Å²) in [6.45, 7) is 6.74. The maximum Gasteiger partial charge on any atom is 0.293 e. The third-order valence-electron chi connectivity index (χ3n) is 6.02. The Hall–Kier alpha value is -2.97. The Labute approximate surface area is 181 Å². The van der Waals surface area contributed by atoms with Crippen LogP contribution in [0.15, 0.2) is 48.5 Å². The molecule has 0 aromatic heterocycles. The van der Waals surface area contributed by atoms with Gasteiger partial charge < -0.3 is 15.0 Å². The topological polar surface area (TPSA) is 88.0 Å². The standard InChI is InChI=1S/C23H28N4O4/c1-17-14-25(15-18-5-3-2-4-6-18)16-21(17)24-20-8-7-19(13-22(20)27(29)30)23(28)26-9-11-31-12-10-26/h2-8,13,17,21,24H,9-12,14-16H2,1H3. The minimum atomic E-state index is -0.417. The predicted octanol–water partition coefficient (Wildman–Crippen LogP) is 3.00. The van der Waals surface area contributed by atoms with E-state index in [-0.39, 0.29) is 17.6 Å². The fourth-order valence-corrected chi connectivity index (χ4v) is 4.31. The number of likely N-dealkylation sites (tertiary alicyclic amines) is 1. The monoisotopic (exact) mass is 424 g/mol. The number of rotatable bonds is 6. The molecule has 2 unspecified atom stereocenters. The van der Waals surface area contributed by atoms with E-state index in [2.05, 4.69) is 29.3 Å². The van der Waals surface area contributed by atoms with E-state index in [0.717, 1.165) is 19.6 Å². The van der Waals surface area contributed by atoms with Crippen LogP contribution in [0.5, 0.6) is 0 Å². The van der Waals surface area contributed by atoms with Crippen LogP contribution < -0.4 is 5.32 Å². The maximum atomic E-state index is 12.7. The van der Waals surface area contributed by atoms with Crippen LogP contribution in [0.4, 0.5) is 11.4 Å². The Bertz CT molecular complexity index is 930. The first-order valence-electron chi connectivity index (χ1n) is 10.7. The lowest BCUT2D eigenvalue weighted by molar-refractivity contribution is -0.384. The fraction of sp³-hybridized carbons (Fsp3) is 0.435. The number of morpholine rings is 1. The first-order valence-corrected chi connectivity index (χ1v) is 10.7. The van der Waals surface area contributed by atoms with E-state index >= 15 is 0 Å². The highest BCUT2D eigenvalue weighted by atomic mass is 16.6. The number of hydrogen-bond donors (Lipinski definition) is 1. The number of hydrogen-bond acceptors (Lipinski definition) is 6. The molecule has 0 aliphatic carbocycles. The second-order valence-electron chi connectivity index (χ2n) is 8.30. The Balaban J connectivity index is 1.46. The largest absolute Gasteiger partial charge is 0.378 e. The van der Waals surface area contributed by atoms with Crippen molar-refractivity contribution in [1.82, 2.24) is 9.80 Å². The lowest BCUT2D eigenvalue weighted by Crippen LogP contribution is -2.40. The molecule has 2 aromatic carbocycles. The van der Waals surface area contributed by atoms with Crippen molar-refractivity contribution in [1.29, 1.82) is 0 Å². The number of carbonyl (C=O) groups is 1. The minimum Gasteiger partial charge on any atom is -0.378 e. The number of anilines is 1. The molecule has 31 heavy (non-hydrogen) atoms. The van der Waals surface area contributed by atoms with Gasteiger partial charge in [-0.3, -0.25) is 19.8 Å². The Morgan fingerprint density at radius 2 is 1.90 bits per heavy atom. The van der Waals surface area contributed by atoms with Crippen LogP contribution in [-0.2, 0) is 11.3 Å². The van der Waals surface area contributed by atoms with Crippen LogP contribution in [0.3, 0.4) is 0 Å². The van der Waals surface area contributed by atoms with E-state index in [4.69, 9.17) is 4.74 Å². The first kappa shape index (κ1) is 21.3. The summed E-state index contributed by atoms with van der Waals surface area (Å²) in [7, 11) is 0. The number of carbonyl (C=O) groups excluding carboxylic acids is 1. The zero-order chi connectivity index (χ0) is 21.8. The molecule has 4 rings (SSSR count). The van der Waals surface area contributed by atoms with Crippen molar-refractivity contribution in [3.63, 3.8) is 0 Å². The van der Waals surface area contributed by atoms with E-state index in [0.29, 0.717) is 43.5 Å². The molecule has 164 valence electrons. The molecule has 0 radical (unpaired) electrons. The van der Waals surface area contributed by atoms with Crippen molar-refractivity contribution in [3.8, 4) is 0 Å². The van der Waals surface area contributed by atoms with Crippen molar-refractivity contribution < 1.29 is 14.5 Å². The lowest BCUT2D eigenvalue weighted by Gasteiger charge is -2.27. The van der Waals surface area contributed by atoms with Crippen LogP contribution in [-0.4, -0.2) is 66.1 Å². The zero-order valence-electron chi connectivity index (χ0n) is 17.7. The summed E-state index contributed by atoms with van der Waals surface area (Å²) in [5.41, 5.74) is 1.99. The number of nitrogens with zero attached hydrogens (tertiary/aromatic N) is 3. The Morgan fingerprint density at radius 3 is 2.61 bits per heavy atom. The van der Waals surface area contributed by atoms with Crippen molar-refractivity contribution in [2.24, 2.45) is 5.92 Å².